The first-order chi connectivity index (χ1) is 17.6. The van der Waals surface area contributed by atoms with Gasteiger partial charge in [-0.05, 0) is 31.0 Å². The van der Waals surface area contributed by atoms with E-state index in [4.69, 9.17) is 36.9 Å². The van der Waals surface area contributed by atoms with Crippen LogP contribution in [0.25, 0.3) is 22.2 Å². The summed E-state index contributed by atoms with van der Waals surface area (Å²) in [6.45, 7) is 1.19. The molecule has 6 rings (SSSR count). The second-order valence-electron chi connectivity index (χ2n) is 9.30. The molecule has 0 amide bonds. The topological polar surface area (TPSA) is 82.1 Å². The predicted octanol–water partition coefficient (Wildman–Crippen LogP) is 5.21. The van der Waals surface area contributed by atoms with Crippen LogP contribution in [-0.4, -0.2) is 48.1 Å². The molecule has 2 N–H and O–H groups in total. The van der Waals surface area contributed by atoms with Gasteiger partial charge in [-0.1, -0.05) is 48.0 Å². The SMILES string of the molecule is COCCOC1CC(C2=C3C=NC=C[N+]3(N)C(c3cc4nc(-c5ccccc5)ccc4cc3Cl)=N2)C1. The van der Waals surface area contributed by atoms with Crippen LogP contribution in [0.3, 0.4) is 0 Å². The fourth-order valence-corrected chi connectivity index (χ4v) is 5.25. The van der Waals surface area contributed by atoms with Gasteiger partial charge in [-0.25, -0.2) is 4.98 Å². The third-order valence-corrected chi connectivity index (χ3v) is 7.35. The average Bonchev–Trinajstić information content (AvgIpc) is 3.17. The number of halogens is 1. The number of aromatic nitrogens is 1. The number of aliphatic imine (C=N–C) groups is 2. The molecule has 0 saturated heterocycles. The summed E-state index contributed by atoms with van der Waals surface area (Å²) >= 11 is 6.82. The number of ether oxygens (including phenoxy) is 2. The molecule has 1 aromatic heterocycles. The van der Waals surface area contributed by atoms with E-state index >= 15 is 0 Å². The normalized spacial score (nSPS) is 24.7. The molecule has 0 spiro atoms. The van der Waals surface area contributed by atoms with Gasteiger partial charge >= 0.3 is 0 Å². The van der Waals surface area contributed by atoms with E-state index in [1.165, 1.54) is 0 Å². The van der Waals surface area contributed by atoms with Crippen LogP contribution in [0.5, 0.6) is 0 Å². The minimum atomic E-state index is -0.0614. The van der Waals surface area contributed by atoms with Crippen LogP contribution in [0, 0.1) is 5.92 Å². The van der Waals surface area contributed by atoms with Crippen molar-refractivity contribution in [1.82, 2.24) is 4.98 Å². The lowest BCUT2D eigenvalue weighted by molar-refractivity contribution is -0.750. The minimum absolute atomic E-state index is 0.0614. The third-order valence-electron chi connectivity index (χ3n) is 7.03. The zero-order chi connectivity index (χ0) is 24.7. The summed E-state index contributed by atoms with van der Waals surface area (Å²) < 4.78 is 10.9. The van der Waals surface area contributed by atoms with E-state index in [0.717, 1.165) is 52.0 Å². The Kier molecular flexibility index (Phi) is 6.03. The quantitative estimate of drug-likeness (QED) is 0.274. The maximum Gasteiger partial charge on any atom is 0.266 e. The van der Waals surface area contributed by atoms with Crippen molar-refractivity contribution in [1.29, 1.82) is 0 Å². The first-order valence-corrected chi connectivity index (χ1v) is 12.4. The van der Waals surface area contributed by atoms with E-state index in [2.05, 4.69) is 17.1 Å². The molecule has 3 aliphatic rings. The summed E-state index contributed by atoms with van der Waals surface area (Å²) in [7, 11) is 1.68. The summed E-state index contributed by atoms with van der Waals surface area (Å²) in [4.78, 5) is 14.4. The van der Waals surface area contributed by atoms with Crippen molar-refractivity contribution in [2.24, 2.45) is 21.7 Å². The Morgan fingerprint density at radius 3 is 2.72 bits per heavy atom. The van der Waals surface area contributed by atoms with Gasteiger partial charge in [-0.15, -0.1) is 4.59 Å². The van der Waals surface area contributed by atoms with Crippen LogP contribution >= 0.6 is 11.6 Å². The van der Waals surface area contributed by atoms with Gasteiger partial charge in [0.1, 0.15) is 11.9 Å². The highest BCUT2D eigenvalue weighted by atomic mass is 35.5. The summed E-state index contributed by atoms with van der Waals surface area (Å²) in [5, 5.41) is 1.55. The maximum absolute atomic E-state index is 6.96. The molecule has 1 atom stereocenters. The van der Waals surface area contributed by atoms with Crippen molar-refractivity contribution in [2.75, 3.05) is 20.3 Å². The third kappa shape index (κ3) is 3.99. The van der Waals surface area contributed by atoms with Crippen LogP contribution in [0.1, 0.15) is 18.4 Å². The zero-order valence-electron chi connectivity index (χ0n) is 20.0. The number of quaternary nitrogens is 1. The van der Waals surface area contributed by atoms with Crippen molar-refractivity contribution in [2.45, 2.75) is 18.9 Å². The van der Waals surface area contributed by atoms with Crippen LogP contribution in [-0.2, 0) is 9.47 Å². The summed E-state index contributed by atoms with van der Waals surface area (Å²) in [5.41, 5.74) is 5.39. The second kappa shape index (κ2) is 9.35. The zero-order valence-corrected chi connectivity index (χ0v) is 20.7. The molecule has 1 fully saturated rings. The monoisotopic (exact) mass is 500 g/mol. The molecule has 0 bridgehead atoms. The van der Waals surface area contributed by atoms with E-state index in [1.54, 1.807) is 13.3 Å². The second-order valence-corrected chi connectivity index (χ2v) is 9.71. The van der Waals surface area contributed by atoms with Gasteiger partial charge in [-0.2, -0.15) is 10.8 Å². The fraction of sp³-hybridized carbons (Fsp3) is 0.250. The van der Waals surface area contributed by atoms with Gasteiger partial charge in [0.25, 0.3) is 5.84 Å². The number of nitrogens with zero attached hydrogens (tertiary/aromatic N) is 4. The van der Waals surface area contributed by atoms with Gasteiger partial charge in [0.15, 0.2) is 0 Å². The number of fused-ring (bicyclic) bond motifs is 2. The lowest BCUT2D eigenvalue weighted by Gasteiger charge is -2.35. The van der Waals surface area contributed by atoms with Crippen LogP contribution in [0.2, 0.25) is 5.02 Å². The Hall–Kier alpha value is -3.20. The van der Waals surface area contributed by atoms with Crippen molar-refractivity contribution in [3.8, 4) is 11.3 Å². The van der Waals surface area contributed by atoms with Crippen LogP contribution < -0.4 is 5.84 Å². The van der Waals surface area contributed by atoms with E-state index in [9.17, 15) is 0 Å². The van der Waals surface area contributed by atoms with Gasteiger partial charge in [-0.3, -0.25) is 4.99 Å². The average molecular weight is 501 g/mol. The van der Waals surface area contributed by atoms with E-state index in [1.807, 2.05) is 54.9 Å². The number of pyridine rings is 1. The molecular formula is C28H27ClN5O2+. The molecule has 36 heavy (non-hydrogen) atoms. The number of nitrogens with two attached hydrogens (primary N) is 1. The van der Waals surface area contributed by atoms with Gasteiger partial charge in [0.05, 0.1) is 53.5 Å². The minimum Gasteiger partial charge on any atom is -0.382 e. The molecule has 1 unspecified atom stereocenters. The maximum atomic E-state index is 6.96. The smallest absolute Gasteiger partial charge is 0.266 e. The number of amidine groups is 1. The molecule has 182 valence electrons. The molecule has 2 aliphatic heterocycles. The predicted molar refractivity (Wildman–Crippen MR) is 142 cm³/mol. The number of rotatable bonds is 7. The Labute approximate surface area is 214 Å². The molecular weight excluding hydrogens is 474 g/mol. The Balaban J connectivity index is 1.36. The Bertz CT molecular complexity index is 1440. The summed E-state index contributed by atoms with van der Waals surface area (Å²) in [6, 6.07) is 18.1. The van der Waals surface area contributed by atoms with E-state index in [-0.39, 0.29) is 16.6 Å². The molecule has 8 heteroatoms. The highest BCUT2D eigenvalue weighted by molar-refractivity contribution is 6.34. The molecule has 3 aromatic rings. The molecule has 1 aliphatic carbocycles. The molecule has 0 radical (unpaired) electrons. The van der Waals surface area contributed by atoms with Crippen molar-refractivity contribution < 1.29 is 14.1 Å². The number of hydrogen-bond donors (Lipinski definition) is 1. The Morgan fingerprint density at radius 1 is 1.08 bits per heavy atom. The van der Waals surface area contributed by atoms with Crippen molar-refractivity contribution in [3.05, 3.63) is 89.0 Å². The highest BCUT2D eigenvalue weighted by Gasteiger charge is 2.48. The van der Waals surface area contributed by atoms with Gasteiger partial charge in [0, 0.05) is 24.0 Å². The molecule has 7 nitrogen and oxygen atoms in total. The Morgan fingerprint density at radius 2 is 1.92 bits per heavy atom. The molecule has 3 heterocycles. The van der Waals surface area contributed by atoms with E-state index < -0.39 is 0 Å². The number of benzene rings is 2. The van der Waals surface area contributed by atoms with Gasteiger partial charge in [0.2, 0.25) is 5.70 Å². The van der Waals surface area contributed by atoms with Crippen molar-refractivity contribution in [3.63, 3.8) is 0 Å². The van der Waals surface area contributed by atoms with E-state index in [0.29, 0.717) is 24.1 Å². The first kappa shape index (κ1) is 23.2. The summed E-state index contributed by atoms with van der Waals surface area (Å²) in [5.74, 6) is 7.89. The number of allylic oxidation sites excluding steroid dienone is 2. The lowest BCUT2D eigenvalue weighted by Crippen LogP contribution is -2.53. The number of methoxy groups -OCH3 is 1. The number of hydrogen-bond acceptors (Lipinski definition) is 6. The standard InChI is InChI=1S/C28H27ClN5O2/c1-35-11-12-36-21-13-20(14-21)27-26-17-31-9-10-34(26,30)28(33-27)22-16-25-19(15-23(22)29)7-8-24(32-25)18-5-3-2-4-6-18/h2-10,15-17,20-21H,11-14,30H2,1H3/q+1. The molecule has 2 aromatic carbocycles. The summed E-state index contributed by atoms with van der Waals surface area (Å²) in [6.07, 6.45) is 7.36. The lowest BCUT2D eigenvalue weighted by atomic mass is 9.79. The molecule has 1 saturated carbocycles. The fourth-order valence-electron chi connectivity index (χ4n) is 4.99. The first-order valence-electron chi connectivity index (χ1n) is 12.1. The van der Waals surface area contributed by atoms with Crippen molar-refractivity contribution >= 4 is 34.6 Å². The van der Waals surface area contributed by atoms with Crippen LogP contribution in [0.4, 0.5) is 0 Å². The van der Waals surface area contributed by atoms with Gasteiger partial charge < -0.3 is 9.47 Å². The largest absolute Gasteiger partial charge is 0.382 e. The van der Waals surface area contributed by atoms with Crippen LogP contribution in [0.15, 0.2) is 88.4 Å². The highest BCUT2D eigenvalue weighted by Crippen LogP contribution is 2.44.